The fourth-order valence-corrected chi connectivity index (χ4v) is 5.05. The standard InChI is InChI=1S/C33H43N5O5/c1-22(2)19-27-30(43-32(36-27)25-11-8-14-34-21-25)29(39)26(13-12-24-9-6-5-7-10-24)35-31(40)28(20-23(3)4)37-33(41)38-15-17-42-18-16-38/h5-11,14,21-23,26,28H,12-13,15-20H2,1-4H3,(H,35,40)(H,37,41). The van der Waals surface area contributed by atoms with E-state index in [4.69, 9.17) is 9.15 Å². The van der Waals surface area contributed by atoms with Crippen LogP contribution in [-0.2, 0) is 22.4 Å². The van der Waals surface area contributed by atoms with E-state index in [2.05, 4.69) is 34.4 Å². The molecule has 2 atom stereocenters. The molecule has 3 heterocycles. The molecule has 2 unspecified atom stereocenters. The summed E-state index contributed by atoms with van der Waals surface area (Å²) in [5, 5.41) is 5.89. The highest BCUT2D eigenvalue weighted by Crippen LogP contribution is 2.25. The molecule has 4 rings (SSSR count). The third-order valence-electron chi connectivity index (χ3n) is 7.25. The third kappa shape index (κ3) is 9.22. The lowest BCUT2D eigenvalue weighted by Crippen LogP contribution is -2.56. The maximum atomic E-state index is 14.2. The van der Waals surface area contributed by atoms with Gasteiger partial charge in [-0.15, -0.1) is 0 Å². The van der Waals surface area contributed by atoms with Crippen molar-refractivity contribution in [2.75, 3.05) is 26.3 Å². The maximum Gasteiger partial charge on any atom is 0.318 e. The first-order chi connectivity index (χ1) is 20.7. The largest absolute Gasteiger partial charge is 0.433 e. The van der Waals surface area contributed by atoms with Gasteiger partial charge in [0.25, 0.3) is 0 Å². The zero-order valence-corrected chi connectivity index (χ0v) is 25.5. The molecule has 1 aromatic carbocycles. The Balaban J connectivity index is 1.61. The van der Waals surface area contributed by atoms with E-state index in [1.54, 1.807) is 23.4 Å². The molecule has 0 saturated carbocycles. The fourth-order valence-electron chi connectivity index (χ4n) is 5.05. The lowest BCUT2D eigenvalue weighted by Gasteiger charge is -2.30. The average Bonchev–Trinajstić information content (AvgIpc) is 3.42. The van der Waals surface area contributed by atoms with Gasteiger partial charge in [-0.25, -0.2) is 9.78 Å². The summed E-state index contributed by atoms with van der Waals surface area (Å²) in [4.78, 5) is 51.5. The Labute approximate surface area is 253 Å². The number of aryl methyl sites for hydroxylation is 1. The number of morpholine rings is 1. The number of hydrogen-bond acceptors (Lipinski definition) is 7. The number of nitrogens with one attached hydrogen (secondary N) is 2. The fraction of sp³-hybridized carbons (Fsp3) is 0.485. The average molecular weight is 590 g/mol. The number of hydrogen-bond donors (Lipinski definition) is 2. The van der Waals surface area contributed by atoms with E-state index in [9.17, 15) is 14.4 Å². The van der Waals surface area contributed by atoms with Crippen molar-refractivity contribution in [3.63, 3.8) is 0 Å². The maximum absolute atomic E-state index is 14.2. The molecule has 1 fully saturated rings. The van der Waals surface area contributed by atoms with Gasteiger partial charge in [-0.3, -0.25) is 14.6 Å². The Morgan fingerprint density at radius 1 is 0.930 bits per heavy atom. The van der Waals surface area contributed by atoms with Crippen LogP contribution in [-0.4, -0.2) is 71.0 Å². The number of aromatic nitrogens is 2. The van der Waals surface area contributed by atoms with Gasteiger partial charge in [0.15, 0.2) is 5.76 Å². The Hall–Kier alpha value is -4.05. The van der Waals surface area contributed by atoms with Crippen LogP contribution in [0.5, 0.6) is 0 Å². The number of benzene rings is 1. The summed E-state index contributed by atoms with van der Waals surface area (Å²) < 4.78 is 11.5. The van der Waals surface area contributed by atoms with Crippen LogP contribution in [0.1, 0.15) is 62.3 Å². The quantitative estimate of drug-likeness (QED) is 0.277. The normalized spacial score (nSPS) is 14.9. The molecule has 1 saturated heterocycles. The second-order valence-corrected chi connectivity index (χ2v) is 11.8. The molecule has 10 nitrogen and oxygen atoms in total. The van der Waals surface area contributed by atoms with Crippen molar-refractivity contribution in [1.82, 2.24) is 25.5 Å². The van der Waals surface area contributed by atoms with Crippen molar-refractivity contribution in [3.8, 4) is 11.5 Å². The van der Waals surface area contributed by atoms with Gasteiger partial charge < -0.3 is 24.7 Å². The molecule has 43 heavy (non-hydrogen) atoms. The monoisotopic (exact) mass is 589 g/mol. The molecule has 0 radical (unpaired) electrons. The highest BCUT2D eigenvalue weighted by molar-refractivity contribution is 6.01. The van der Waals surface area contributed by atoms with E-state index in [0.717, 1.165) is 5.56 Å². The first-order valence-electron chi connectivity index (χ1n) is 15.1. The van der Waals surface area contributed by atoms with Crippen LogP contribution in [0.25, 0.3) is 11.5 Å². The van der Waals surface area contributed by atoms with Gasteiger partial charge in [0.1, 0.15) is 6.04 Å². The van der Waals surface area contributed by atoms with Crippen LogP contribution in [0.3, 0.4) is 0 Å². The van der Waals surface area contributed by atoms with Crippen molar-refractivity contribution < 1.29 is 23.5 Å². The first-order valence-corrected chi connectivity index (χ1v) is 15.1. The molecule has 3 aromatic rings. The van der Waals surface area contributed by atoms with Crippen molar-refractivity contribution in [3.05, 3.63) is 71.9 Å². The van der Waals surface area contributed by atoms with E-state index in [-0.39, 0.29) is 29.4 Å². The molecular formula is C33H43N5O5. The number of ether oxygens (including phenoxy) is 1. The van der Waals surface area contributed by atoms with Gasteiger partial charge in [0.2, 0.25) is 17.6 Å². The van der Waals surface area contributed by atoms with Crippen LogP contribution >= 0.6 is 0 Å². The van der Waals surface area contributed by atoms with Crippen molar-refractivity contribution in [2.45, 2.75) is 65.5 Å². The molecule has 2 N–H and O–H groups in total. The van der Waals surface area contributed by atoms with Gasteiger partial charge >= 0.3 is 6.03 Å². The number of carbonyl (C=O) groups is 3. The molecule has 0 aliphatic carbocycles. The summed E-state index contributed by atoms with van der Waals surface area (Å²) >= 11 is 0. The molecule has 2 aromatic heterocycles. The number of pyridine rings is 1. The Morgan fingerprint density at radius 3 is 2.33 bits per heavy atom. The molecular weight excluding hydrogens is 546 g/mol. The SMILES string of the molecule is CC(C)Cc1nc(-c2cccnc2)oc1C(=O)C(CCc1ccccc1)NC(=O)C(CC(C)C)NC(=O)N1CCOCC1. The van der Waals surface area contributed by atoms with E-state index in [0.29, 0.717) is 69.1 Å². The summed E-state index contributed by atoms with van der Waals surface area (Å²) in [5.74, 6) is 0.0682. The zero-order valence-electron chi connectivity index (χ0n) is 25.5. The van der Waals surface area contributed by atoms with Gasteiger partial charge in [-0.2, -0.15) is 0 Å². The molecule has 0 spiro atoms. The second-order valence-electron chi connectivity index (χ2n) is 11.8. The minimum absolute atomic E-state index is 0.133. The Bertz CT molecular complexity index is 1340. The number of ketones is 1. The molecule has 10 heteroatoms. The minimum atomic E-state index is -0.886. The van der Waals surface area contributed by atoms with Crippen LogP contribution in [0.2, 0.25) is 0 Å². The first kappa shape index (κ1) is 31.9. The summed E-state index contributed by atoms with van der Waals surface area (Å²) in [6, 6.07) is 11.4. The lowest BCUT2D eigenvalue weighted by atomic mass is 9.97. The lowest BCUT2D eigenvalue weighted by molar-refractivity contribution is -0.123. The van der Waals surface area contributed by atoms with Gasteiger partial charge in [-0.1, -0.05) is 58.0 Å². The second kappa shape index (κ2) is 15.4. The Morgan fingerprint density at radius 2 is 1.67 bits per heavy atom. The summed E-state index contributed by atoms with van der Waals surface area (Å²) in [7, 11) is 0. The molecule has 1 aliphatic heterocycles. The predicted molar refractivity (Wildman–Crippen MR) is 163 cm³/mol. The van der Waals surface area contributed by atoms with Crippen LogP contribution in [0, 0.1) is 11.8 Å². The van der Waals surface area contributed by atoms with Crippen molar-refractivity contribution in [2.24, 2.45) is 11.8 Å². The predicted octanol–water partition coefficient (Wildman–Crippen LogP) is 4.69. The van der Waals surface area contributed by atoms with E-state index < -0.39 is 18.0 Å². The van der Waals surface area contributed by atoms with Gasteiger partial charge in [0.05, 0.1) is 30.5 Å². The number of carbonyl (C=O) groups excluding carboxylic acids is 3. The summed E-state index contributed by atoms with van der Waals surface area (Å²) in [6.45, 7) is 9.93. The smallest absolute Gasteiger partial charge is 0.318 e. The summed E-state index contributed by atoms with van der Waals surface area (Å²) in [6.07, 6.45) is 5.18. The van der Waals surface area contributed by atoms with Crippen LogP contribution in [0.15, 0.2) is 59.3 Å². The number of amides is 3. The van der Waals surface area contributed by atoms with Gasteiger partial charge in [-0.05, 0) is 55.2 Å². The highest BCUT2D eigenvalue weighted by atomic mass is 16.5. The number of urea groups is 1. The zero-order chi connectivity index (χ0) is 30.8. The molecule has 1 aliphatic rings. The number of oxazole rings is 1. The van der Waals surface area contributed by atoms with Gasteiger partial charge in [0, 0.05) is 25.5 Å². The van der Waals surface area contributed by atoms with Crippen molar-refractivity contribution in [1.29, 1.82) is 0 Å². The van der Waals surface area contributed by atoms with Crippen LogP contribution in [0.4, 0.5) is 4.79 Å². The molecule has 230 valence electrons. The van der Waals surface area contributed by atoms with E-state index >= 15 is 0 Å². The number of nitrogens with zero attached hydrogens (tertiary/aromatic N) is 3. The number of rotatable bonds is 13. The molecule has 0 bridgehead atoms. The number of Topliss-reactive ketones (excluding diaryl/α,β-unsaturated/α-hetero) is 1. The van der Waals surface area contributed by atoms with Crippen LogP contribution < -0.4 is 10.6 Å². The molecule has 3 amide bonds. The third-order valence-corrected chi connectivity index (χ3v) is 7.25. The Kier molecular flexibility index (Phi) is 11.4. The van der Waals surface area contributed by atoms with Crippen molar-refractivity contribution >= 4 is 17.7 Å². The summed E-state index contributed by atoms with van der Waals surface area (Å²) in [5.41, 5.74) is 2.27. The van der Waals surface area contributed by atoms with E-state index in [1.165, 1.54) is 0 Å². The minimum Gasteiger partial charge on any atom is -0.433 e. The topological polar surface area (TPSA) is 127 Å². The van der Waals surface area contributed by atoms with E-state index in [1.807, 2.05) is 50.2 Å². The highest BCUT2D eigenvalue weighted by Gasteiger charge is 2.33.